The second-order valence-corrected chi connectivity index (χ2v) is 7.68. The highest BCUT2D eigenvalue weighted by molar-refractivity contribution is 6.30. The van der Waals surface area contributed by atoms with Crippen molar-refractivity contribution in [2.24, 2.45) is 4.99 Å². The van der Waals surface area contributed by atoms with Crippen molar-refractivity contribution in [3.8, 4) is 16.9 Å². The van der Waals surface area contributed by atoms with Gasteiger partial charge in [0.1, 0.15) is 42.2 Å². The maximum absolute atomic E-state index is 13.9. The van der Waals surface area contributed by atoms with Crippen molar-refractivity contribution >= 4 is 17.5 Å². The Morgan fingerprint density at radius 3 is 2.27 bits per heavy atom. The molecular formula is C24H20ClF2NO2. The molecule has 0 saturated carbocycles. The van der Waals surface area contributed by atoms with Gasteiger partial charge in [-0.1, -0.05) is 29.8 Å². The third kappa shape index (κ3) is 4.17. The SMILES string of the molecule is Cc1cc(OCC2COC(c3c(F)cccc3F)=N2)cc(C)c1-c1ccc(Cl)cc1. The second-order valence-electron chi connectivity index (χ2n) is 7.25. The summed E-state index contributed by atoms with van der Waals surface area (Å²) in [6, 6.07) is 15.0. The third-order valence-corrected chi connectivity index (χ3v) is 5.22. The average Bonchev–Trinajstić information content (AvgIpc) is 3.16. The second kappa shape index (κ2) is 8.44. The summed E-state index contributed by atoms with van der Waals surface area (Å²) in [5.74, 6) is -0.702. The Morgan fingerprint density at radius 1 is 1.00 bits per heavy atom. The number of benzene rings is 3. The fourth-order valence-corrected chi connectivity index (χ4v) is 3.74. The minimum atomic E-state index is -0.695. The minimum Gasteiger partial charge on any atom is -0.491 e. The summed E-state index contributed by atoms with van der Waals surface area (Å²) in [7, 11) is 0. The van der Waals surface area contributed by atoms with Gasteiger partial charge in [0.25, 0.3) is 0 Å². The van der Waals surface area contributed by atoms with E-state index in [1.807, 2.05) is 50.2 Å². The molecule has 4 rings (SSSR count). The molecule has 1 heterocycles. The number of aliphatic imine (C=N–C) groups is 1. The molecule has 0 N–H and O–H groups in total. The summed E-state index contributed by atoms with van der Waals surface area (Å²) in [6.07, 6.45) is 0. The summed E-state index contributed by atoms with van der Waals surface area (Å²) in [5.41, 5.74) is 4.14. The van der Waals surface area contributed by atoms with Crippen LogP contribution in [0.25, 0.3) is 11.1 Å². The Morgan fingerprint density at radius 2 is 1.63 bits per heavy atom. The van der Waals surface area contributed by atoms with E-state index in [-0.39, 0.29) is 30.7 Å². The van der Waals surface area contributed by atoms with Gasteiger partial charge in [-0.05, 0) is 72.5 Å². The number of hydrogen-bond acceptors (Lipinski definition) is 3. The van der Waals surface area contributed by atoms with Crippen LogP contribution in [0.1, 0.15) is 16.7 Å². The van der Waals surface area contributed by atoms with Crippen LogP contribution in [0.5, 0.6) is 5.75 Å². The van der Waals surface area contributed by atoms with Crippen LogP contribution in [0.3, 0.4) is 0 Å². The molecule has 3 aromatic rings. The molecule has 0 radical (unpaired) electrons. The monoisotopic (exact) mass is 427 g/mol. The molecule has 1 aliphatic heterocycles. The fraction of sp³-hybridized carbons (Fsp3) is 0.208. The Bertz CT molecular complexity index is 1070. The van der Waals surface area contributed by atoms with Crippen molar-refractivity contribution < 1.29 is 18.3 Å². The van der Waals surface area contributed by atoms with Gasteiger partial charge in [0.05, 0.1) is 0 Å². The highest BCUT2D eigenvalue weighted by Gasteiger charge is 2.25. The lowest BCUT2D eigenvalue weighted by atomic mass is 9.95. The first-order chi connectivity index (χ1) is 14.4. The van der Waals surface area contributed by atoms with Gasteiger partial charge in [-0.15, -0.1) is 0 Å². The predicted octanol–water partition coefficient (Wildman–Crippen LogP) is 6.13. The van der Waals surface area contributed by atoms with Crippen molar-refractivity contribution in [1.82, 2.24) is 0 Å². The van der Waals surface area contributed by atoms with E-state index in [1.54, 1.807) is 0 Å². The number of aryl methyl sites for hydroxylation is 2. The number of halogens is 3. The highest BCUT2D eigenvalue weighted by Crippen LogP contribution is 2.32. The minimum absolute atomic E-state index is 0.0235. The van der Waals surface area contributed by atoms with Crippen LogP contribution in [-0.2, 0) is 4.74 Å². The van der Waals surface area contributed by atoms with E-state index in [0.717, 1.165) is 22.3 Å². The van der Waals surface area contributed by atoms with E-state index in [1.165, 1.54) is 18.2 Å². The lowest BCUT2D eigenvalue weighted by Gasteiger charge is -2.15. The van der Waals surface area contributed by atoms with Crippen molar-refractivity contribution in [1.29, 1.82) is 0 Å². The Kier molecular flexibility index (Phi) is 5.73. The van der Waals surface area contributed by atoms with Gasteiger partial charge >= 0.3 is 0 Å². The zero-order valence-electron chi connectivity index (χ0n) is 16.6. The Balaban J connectivity index is 1.48. The van der Waals surface area contributed by atoms with Crippen LogP contribution in [0, 0.1) is 25.5 Å². The molecule has 0 aromatic heterocycles. The van der Waals surface area contributed by atoms with Gasteiger partial charge in [-0.2, -0.15) is 0 Å². The molecule has 0 amide bonds. The average molecular weight is 428 g/mol. The molecule has 6 heteroatoms. The molecule has 3 aromatic carbocycles. The maximum Gasteiger partial charge on any atom is 0.222 e. The molecule has 1 atom stereocenters. The highest BCUT2D eigenvalue weighted by atomic mass is 35.5. The molecule has 1 unspecified atom stereocenters. The first kappa shape index (κ1) is 20.4. The Hall–Kier alpha value is -2.92. The summed E-state index contributed by atoms with van der Waals surface area (Å²) in [5, 5.41) is 0.697. The van der Waals surface area contributed by atoms with Gasteiger partial charge in [0, 0.05) is 5.02 Å². The number of ether oxygens (including phenoxy) is 2. The van der Waals surface area contributed by atoms with Crippen molar-refractivity contribution in [2.45, 2.75) is 19.9 Å². The molecule has 1 aliphatic rings. The first-order valence-electron chi connectivity index (χ1n) is 9.57. The van der Waals surface area contributed by atoms with Gasteiger partial charge in [0.15, 0.2) is 0 Å². The normalized spacial score (nSPS) is 15.6. The van der Waals surface area contributed by atoms with Crippen LogP contribution in [0.2, 0.25) is 5.02 Å². The van der Waals surface area contributed by atoms with Crippen molar-refractivity contribution in [3.05, 3.63) is 87.9 Å². The molecule has 0 saturated heterocycles. The summed E-state index contributed by atoms with van der Waals surface area (Å²) < 4.78 is 39.2. The van der Waals surface area contributed by atoms with Gasteiger partial charge in [0.2, 0.25) is 5.90 Å². The molecule has 154 valence electrons. The van der Waals surface area contributed by atoms with E-state index < -0.39 is 11.6 Å². The lowest BCUT2D eigenvalue weighted by Crippen LogP contribution is -2.17. The Labute approximate surface area is 178 Å². The van der Waals surface area contributed by atoms with Crippen LogP contribution in [0.4, 0.5) is 8.78 Å². The van der Waals surface area contributed by atoms with Crippen LogP contribution < -0.4 is 4.74 Å². The third-order valence-electron chi connectivity index (χ3n) is 4.97. The zero-order chi connectivity index (χ0) is 21.3. The van der Waals surface area contributed by atoms with Crippen molar-refractivity contribution in [2.75, 3.05) is 13.2 Å². The van der Waals surface area contributed by atoms with Gasteiger partial charge < -0.3 is 9.47 Å². The molecule has 0 aliphatic carbocycles. The van der Waals surface area contributed by atoms with Gasteiger partial charge in [-0.25, -0.2) is 13.8 Å². The zero-order valence-corrected chi connectivity index (χ0v) is 17.3. The molecule has 0 bridgehead atoms. The van der Waals surface area contributed by atoms with E-state index >= 15 is 0 Å². The molecule has 30 heavy (non-hydrogen) atoms. The maximum atomic E-state index is 13.9. The van der Waals surface area contributed by atoms with E-state index in [4.69, 9.17) is 21.1 Å². The molecule has 3 nitrogen and oxygen atoms in total. The summed E-state index contributed by atoms with van der Waals surface area (Å²) in [6.45, 7) is 4.52. The molecule has 0 spiro atoms. The molecule has 0 fully saturated rings. The molecular weight excluding hydrogens is 408 g/mol. The van der Waals surface area contributed by atoms with Crippen LogP contribution >= 0.6 is 11.6 Å². The largest absolute Gasteiger partial charge is 0.491 e. The summed E-state index contributed by atoms with van der Waals surface area (Å²) >= 11 is 5.99. The summed E-state index contributed by atoms with van der Waals surface area (Å²) in [4.78, 5) is 4.29. The van der Waals surface area contributed by atoms with E-state index in [9.17, 15) is 8.78 Å². The van der Waals surface area contributed by atoms with E-state index in [0.29, 0.717) is 10.8 Å². The first-order valence-corrected chi connectivity index (χ1v) is 9.95. The number of hydrogen-bond donors (Lipinski definition) is 0. The number of rotatable bonds is 5. The van der Waals surface area contributed by atoms with Crippen molar-refractivity contribution in [3.63, 3.8) is 0 Å². The smallest absolute Gasteiger partial charge is 0.222 e. The lowest BCUT2D eigenvalue weighted by molar-refractivity contribution is 0.242. The van der Waals surface area contributed by atoms with E-state index in [2.05, 4.69) is 4.99 Å². The topological polar surface area (TPSA) is 30.8 Å². The predicted molar refractivity (Wildman–Crippen MR) is 114 cm³/mol. The quantitative estimate of drug-likeness (QED) is 0.490. The number of nitrogens with zero attached hydrogens (tertiary/aromatic N) is 1. The van der Waals surface area contributed by atoms with Gasteiger partial charge in [-0.3, -0.25) is 0 Å². The van der Waals surface area contributed by atoms with Crippen LogP contribution in [0.15, 0.2) is 59.6 Å². The van der Waals surface area contributed by atoms with Crippen LogP contribution in [-0.4, -0.2) is 25.2 Å². The standard InChI is InChI=1S/C24H20ClF2NO2/c1-14-10-19(11-15(2)22(14)16-6-8-17(25)9-7-16)29-12-18-13-30-24(28-18)23-20(26)4-3-5-21(23)27/h3-11,18H,12-13H2,1-2H3. The fourth-order valence-electron chi connectivity index (χ4n) is 3.61.